The van der Waals surface area contributed by atoms with E-state index < -0.39 is 12.2 Å². The van der Waals surface area contributed by atoms with Crippen molar-refractivity contribution in [3.8, 4) is 11.1 Å². The molecule has 0 unspecified atom stereocenters. The van der Waals surface area contributed by atoms with Gasteiger partial charge in [-0.1, -0.05) is 24.3 Å². The molecule has 3 N–H and O–H groups in total. The van der Waals surface area contributed by atoms with Crippen molar-refractivity contribution in [1.82, 2.24) is 34.5 Å². The Kier molecular flexibility index (Phi) is 11.2. The van der Waals surface area contributed by atoms with E-state index in [0.29, 0.717) is 54.2 Å². The van der Waals surface area contributed by atoms with Crippen molar-refractivity contribution in [3.05, 3.63) is 88.6 Å². The molecule has 3 aliphatic heterocycles. The molecule has 5 aromatic rings. The van der Waals surface area contributed by atoms with E-state index in [4.69, 9.17) is 9.84 Å². The average molecular weight is 794 g/mol. The van der Waals surface area contributed by atoms with Crippen LogP contribution < -0.4 is 10.6 Å². The van der Waals surface area contributed by atoms with Crippen molar-refractivity contribution < 1.29 is 28.2 Å². The molecule has 15 heteroatoms. The highest BCUT2D eigenvalue weighted by molar-refractivity contribution is 6.04. The SMILES string of the molecule is Cc1c(NC(=O)c2cc3n(n2)CCC[C@H]3N2CC[C@@H](C(=O)OC(C)C)C2)cccc1-c1cccc(Nc2nc(C(F)F)nc3cc(CN4CC[C@@H](O)C4)cnc23)c1C. The minimum absolute atomic E-state index is 0.0692. The summed E-state index contributed by atoms with van der Waals surface area (Å²) in [5.41, 5.74) is 7.56. The maximum atomic E-state index is 14.1. The Morgan fingerprint density at radius 3 is 2.43 bits per heavy atom. The quantitative estimate of drug-likeness (QED) is 0.117. The molecule has 0 saturated carbocycles. The fourth-order valence-corrected chi connectivity index (χ4v) is 8.54. The number of likely N-dealkylation sites (tertiary alicyclic amines) is 2. The van der Waals surface area contributed by atoms with Crippen molar-refractivity contribution in [2.24, 2.45) is 5.92 Å². The molecule has 3 aliphatic rings. The molecule has 1 amide bonds. The van der Waals surface area contributed by atoms with Gasteiger partial charge in [0, 0.05) is 50.3 Å². The molecule has 13 nitrogen and oxygen atoms in total. The molecule has 8 rings (SSSR count). The number of pyridine rings is 1. The number of hydrogen-bond donors (Lipinski definition) is 3. The molecule has 3 atom stereocenters. The van der Waals surface area contributed by atoms with Gasteiger partial charge in [0.15, 0.2) is 17.3 Å². The first-order valence-electron chi connectivity index (χ1n) is 20.1. The topological polar surface area (TPSA) is 151 Å². The van der Waals surface area contributed by atoms with Crippen molar-refractivity contribution in [3.63, 3.8) is 0 Å². The van der Waals surface area contributed by atoms with Crippen LogP contribution in [0.15, 0.2) is 54.7 Å². The maximum Gasteiger partial charge on any atom is 0.310 e. The van der Waals surface area contributed by atoms with E-state index in [1.807, 2.05) is 74.8 Å². The van der Waals surface area contributed by atoms with Gasteiger partial charge in [0.1, 0.15) is 5.52 Å². The minimum Gasteiger partial charge on any atom is -0.463 e. The molecule has 0 bridgehead atoms. The van der Waals surface area contributed by atoms with E-state index in [2.05, 4.69) is 35.4 Å². The number of rotatable bonds is 11. The van der Waals surface area contributed by atoms with Gasteiger partial charge in [-0.05, 0) is 112 Å². The van der Waals surface area contributed by atoms with E-state index >= 15 is 0 Å². The first-order valence-corrected chi connectivity index (χ1v) is 20.1. The van der Waals surface area contributed by atoms with Gasteiger partial charge < -0.3 is 20.5 Å². The van der Waals surface area contributed by atoms with Gasteiger partial charge in [-0.25, -0.2) is 18.7 Å². The third-order valence-electron chi connectivity index (χ3n) is 11.5. The predicted octanol–water partition coefficient (Wildman–Crippen LogP) is 7.11. The zero-order valence-corrected chi connectivity index (χ0v) is 33.2. The molecule has 2 saturated heterocycles. The molecule has 304 valence electrons. The number of benzene rings is 2. The molecule has 58 heavy (non-hydrogen) atoms. The monoisotopic (exact) mass is 793 g/mol. The highest BCUT2D eigenvalue weighted by atomic mass is 19.3. The van der Waals surface area contributed by atoms with Gasteiger partial charge in [-0.3, -0.25) is 29.1 Å². The second kappa shape index (κ2) is 16.5. The van der Waals surface area contributed by atoms with Crippen LogP contribution in [0.1, 0.15) is 90.7 Å². The second-order valence-corrected chi connectivity index (χ2v) is 16.0. The van der Waals surface area contributed by atoms with Crippen LogP contribution in [0.3, 0.4) is 0 Å². The number of carbonyl (C=O) groups excluding carboxylic acids is 2. The number of fused-ring (bicyclic) bond motifs is 2. The van der Waals surface area contributed by atoms with Crippen LogP contribution in [0.25, 0.3) is 22.2 Å². The Hall–Kier alpha value is -5.38. The van der Waals surface area contributed by atoms with Gasteiger partial charge in [0.05, 0.1) is 35.4 Å². The van der Waals surface area contributed by atoms with Gasteiger partial charge >= 0.3 is 5.97 Å². The van der Waals surface area contributed by atoms with Crippen LogP contribution in [0.4, 0.5) is 26.0 Å². The van der Waals surface area contributed by atoms with Crippen LogP contribution in [-0.4, -0.2) is 89.9 Å². The largest absolute Gasteiger partial charge is 0.463 e. The van der Waals surface area contributed by atoms with E-state index in [1.165, 1.54) is 0 Å². The molecular weight excluding hydrogens is 745 g/mol. The third kappa shape index (κ3) is 8.16. The van der Waals surface area contributed by atoms with E-state index in [-0.39, 0.29) is 41.9 Å². The first kappa shape index (κ1) is 39.4. The zero-order chi connectivity index (χ0) is 40.7. The Morgan fingerprint density at radius 1 is 0.948 bits per heavy atom. The number of amides is 1. The van der Waals surface area contributed by atoms with Crippen molar-refractivity contribution in [1.29, 1.82) is 0 Å². The Bertz CT molecular complexity index is 2350. The lowest BCUT2D eigenvalue weighted by Gasteiger charge is -2.31. The number of aryl methyl sites for hydroxylation is 1. The Labute approximate surface area is 335 Å². The van der Waals surface area contributed by atoms with Gasteiger partial charge in [0.2, 0.25) is 0 Å². The maximum absolute atomic E-state index is 14.1. The van der Waals surface area contributed by atoms with Crippen LogP contribution in [-0.2, 0) is 22.6 Å². The molecule has 0 spiro atoms. The van der Waals surface area contributed by atoms with E-state index in [9.17, 15) is 23.5 Å². The van der Waals surface area contributed by atoms with Crippen LogP contribution in [0.5, 0.6) is 0 Å². The fraction of sp³-hybridized carbons (Fsp3) is 0.442. The number of ether oxygens (including phenoxy) is 1. The number of halogens is 2. The number of alkyl halides is 2. The highest BCUT2D eigenvalue weighted by Gasteiger charge is 2.37. The number of esters is 1. The number of aromatic nitrogens is 5. The molecule has 2 fully saturated rings. The van der Waals surface area contributed by atoms with Crippen molar-refractivity contribution in [2.75, 3.05) is 36.8 Å². The minimum atomic E-state index is -2.89. The van der Waals surface area contributed by atoms with Crippen molar-refractivity contribution in [2.45, 2.75) is 91.1 Å². The number of β-amino-alcohol motifs (C(OH)–C–C–N with tert-alkyl or cyclic N) is 1. The second-order valence-electron chi connectivity index (χ2n) is 16.0. The summed E-state index contributed by atoms with van der Waals surface area (Å²) >= 11 is 0. The summed E-state index contributed by atoms with van der Waals surface area (Å²) in [5.74, 6) is -1.04. The van der Waals surface area contributed by atoms with Crippen molar-refractivity contribution >= 4 is 40.1 Å². The number of aliphatic hydroxyl groups is 1. The standard InChI is InChI=1S/C43H49F2N9O4/c1-24(2)58-43(57)28-13-17-53(22-28)36-12-7-15-54-37(36)19-35(51-54)42(56)49-33-11-6-9-31(26(33)4)30-8-5-10-32(25(30)3)47-40-38-34(48-41(50-40)39(44)45)18-27(20-46-38)21-52-16-14-29(55)23-52/h5-6,8-11,18-20,24,28-29,36,39,55H,7,12-17,21-23H2,1-4H3,(H,49,56)(H,47,48,50)/t28-,29-,36-/m1/s1. The van der Waals surface area contributed by atoms with E-state index in [0.717, 1.165) is 72.4 Å². The summed E-state index contributed by atoms with van der Waals surface area (Å²) < 4.78 is 35.6. The number of anilines is 3. The Morgan fingerprint density at radius 2 is 1.71 bits per heavy atom. The smallest absolute Gasteiger partial charge is 0.310 e. The summed E-state index contributed by atoms with van der Waals surface area (Å²) in [4.78, 5) is 43.8. The summed E-state index contributed by atoms with van der Waals surface area (Å²) in [6.07, 6.45) is 1.59. The first-order chi connectivity index (χ1) is 27.9. The van der Waals surface area contributed by atoms with Gasteiger partial charge in [0.25, 0.3) is 12.3 Å². The van der Waals surface area contributed by atoms with Crippen LogP contribution >= 0.6 is 0 Å². The lowest BCUT2D eigenvalue weighted by atomic mass is 9.94. The normalized spacial score (nSPS) is 19.9. The molecule has 0 aliphatic carbocycles. The summed E-state index contributed by atoms with van der Waals surface area (Å²) in [7, 11) is 0. The highest BCUT2D eigenvalue weighted by Crippen LogP contribution is 2.38. The predicted molar refractivity (Wildman–Crippen MR) is 216 cm³/mol. The summed E-state index contributed by atoms with van der Waals surface area (Å²) in [5, 5.41) is 21.0. The Balaban J connectivity index is 1.01. The van der Waals surface area contributed by atoms with Gasteiger partial charge in [-0.15, -0.1) is 0 Å². The number of aliphatic hydroxyl groups excluding tert-OH is 1. The number of carbonyl (C=O) groups is 2. The average Bonchev–Trinajstić information content (AvgIpc) is 3.96. The fourth-order valence-electron chi connectivity index (χ4n) is 8.54. The molecule has 3 aromatic heterocycles. The number of hydrogen-bond acceptors (Lipinski definition) is 11. The summed E-state index contributed by atoms with van der Waals surface area (Å²) in [6, 6.07) is 15.1. The molecular formula is C43H49F2N9O4. The third-order valence-corrected chi connectivity index (χ3v) is 11.5. The zero-order valence-electron chi connectivity index (χ0n) is 33.2. The lowest BCUT2D eigenvalue weighted by Crippen LogP contribution is -2.32. The molecule has 2 aromatic carbocycles. The van der Waals surface area contributed by atoms with Crippen LogP contribution in [0, 0.1) is 19.8 Å². The summed E-state index contributed by atoms with van der Waals surface area (Å²) in [6.45, 7) is 11.6. The molecule has 6 heterocycles. The van der Waals surface area contributed by atoms with E-state index in [1.54, 1.807) is 12.3 Å². The number of nitrogens with one attached hydrogen (secondary N) is 2. The van der Waals surface area contributed by atoms with Gasteiger partial charge in [-0.2, -0.15) is 5.10 Å². The molecule has 0 radical (unpaired) electrons. The van der Waals surface area contributed by atoms with Crippen LogP contribution in [0.2, 0.25) is 0 Å². The lowest BCUT2D eigenvalue weighted by molar-refractivity contribution is -0.152. The number of nitrogens with zero attached hydrogens (tertiary/aromatic N) is 7.